The second kappa shape index (κ2) is 4.11. The molecule has 3 unspecified atom stereocenters. The Hall–Kier alpha value is -1.42. The lowest BCUT2D eigenvalue weighted by molar-refractivity contribution is -0.122. The average molecular weight is 231 g/mol. The van der Waals surface area contributed by atoms with Crippen molar-refractivity contribution in [1.82, 2.24) is 10.3 Å². The van der Waals surface area contributed by atoms with Gasteiger partial charge in [-0.1, -0.05) is 0 Å². The molecule has 0 spiro atoms. The lowest BCUT2D eigenvalue weighted by Gasteiger charge is -2.25. The molecule has 4 heteroatoms. The summed E-state index contributed by atoms with van der Waals surface area (Å²) in [5.41, 5.74) is 0.924. The Morgan fingerprint density at radius 2 is 2.18 bits per heavy atom. The zero-order valence-electron chi connectivity index (χ0n) is 9.97. The number of nitrogens with zero attached hydrogens (tertiary/aromatic N) is 2. The van der Waals surface area contributed by atoms with Gasteiger partial charge in [0, 0.05) is 37.2 Å². The van der Waals surface area contributed by atoms with Crippen molar-refractivity contribution in [2.45, 2.75) is 31.3 Å². The number of carbonyl (C=O) groups is 1. The molecule has 2 saturated heterocycles. The van der Waals surface area contributed by atoms with E-state index in [0.717, 1.165) is 18.5 Å². The van der Waals surface area contributed by atoms with Crippen molar-refractivity contribution in [2.24, 2.45) is 5.92 Å². The van der Waals surface area contributed by atoms with E-state index in [1.165, 1.54) is 6.42 Å². The van der Waals surface area contributed by atoms with Gasteiger partial charge in [0.05, 0.1) is 5.92 Å². The van der Waals surface area contributed by atoms with Gasteiger partial charge in [-0.2, -0.15) is 0 Å². The van der Waals surface area contributed by atoms with Crippen LogP contribution in [0.3, 0.4) is 0 Å². The van der Waals surface area contributed by atoms with E-state index in [1.54, 1.807) is 17.3 Å². The molecule has 0 saturated carbocycles. The summed E-state index contributed by atoms with van der Waals surface area (Å²) in [7, 11) is 1.85. The highest BCUT2D eigenvalue weighted by atomic mass is 16.2. The molecule has 1 amide bonds. The number of anilines is 1. The third kappa shape index (κ3) is 1.82. The Labute approximate surface area is 101 Å². The van der Waals surface area contributed by atoms with Gasteiger partial charge in [0.15, 0.2) is 0 Å². The van der Waals surface area contributed by atoms with Crippen LogP contribution in [0.25, 0.3) is 0 Å². The summed E-state index contributed by atoms with van der Waals surface area (Å²) in [4.78, 5) is 18.1. The van der Waals surface area contributed by atoms with E-state index in [9.17, 15) is 4.79 Å². The van der Waals surface area contributed by atoms with Crippen molar-refractivity contribution >= 4 is 11.6 Å². The summed E-state index contributed by atoms with van der Waals surface area (Å²) in [6.07, 6.45) is 6.81. The number of rotatable bonds is 2. The topological polar surface area (TPSA) is 45.2 Å². The molecule has 0 radical (unpaired) electrons. The lowest BCUT2D eigenvalue weighted by Crippen LogP contribution is -2.38. The fraction of sp³-hybridized carbons (Fsp3) is 0.538. The van der Waals surface area contributed by atoms with Crippen LogP contribution in [0.1, 0.15) is 19.3 Å². The normalized spacial score (nSPS) is 30.5. The van der Waals surface area contributed by atoms with E-state index >= 15 is 0 Å². The Kier molecular flexibility index (Phi) is 2.59. The summed E-state index contributed by atoms with van der Waals surface area (Å²) >= 11 is 0. The third-order valence-electron chi connectivity index (χ3n) is 4.00. The van der Waals surface area contributed by atoms with E-state index in [0.29, 0.717) is 12.1 Å². The largest absolute Gasteiger partial charge is 0.315 e. The maximum atomic E-state index is 12.4. The lowest BCUT2D eigenvalue weighted by atomic mass is 9.88. The van der Waals surface area contributed by atoms with Crippen LogP contribution in [0, 0.1) is 5.92 Å². The van der Waals surface area contributed by atoms with Crippen LogP contribution in [0.4, 0.5) is 5.69 Å². The molecule has 3 heterocycles. The third-order valence-corrected chi connectivity index (χ3v) is 4.00. The van der Waals surface area contributed by atoms with Crippen molar-refractivity contribution < 1.29 is 4.79 Å². The van der Waals surface area contributed by atoms with Gasteiger partial charge in [-0.15, -0.1) is 0 Å². The van der Waals surface area contributed by atoms with Gasteiger partial charge in [-0.25, -0.2) is 0 Å². The molecule has 3 atom stereocenters. The summed E-state index contributed by atoms with van der Waals surface area (Å²) in [5, 5.41) is 3.51. The van der Waals surface area contributed by atoms with Crippen molar-refractivity contribution in [3.8, 4) is 0 Å². The van der Waals surface area contributed by atoms with Gasteiger partial charge in [0.2, 0.25) is 5.91 Å². The molecular formula is C13H17N3O. The van der Waals surface area contributed by atoms with E-state index in [4.69, 9.17) is 0 Å². The number of nitrogens with one attached hydrogen (secondary N) is 1. The molecule has 17 heavy (non-hydrogen) atoms. The van der Waals surface area contributed by atoms with Crippen LogP contribution in [0.2, 0.25) is 0 Å². The quantitative estimate of drug-likeness (QED) is 0.831. The minimum atomic E-state index is 0.159. The minimum Gasteiger partial charge on any atom is -0.315 e. The van der Waals surface area contributed by atoms with Crippen molar-refractivity contribution in [3.63, 3.8) is 0 Å². The van der Waals surface area contributed by atoms with Gasteiger partial charge < -0.3 is 10.2 Å². The van der Waals surface area contributed by atoms with Crippen LogP contribution in [-0.2, 0) is 4.79 Å². The van der Waals surface area contributed by atoms with Crippen LogP contribution < -0.4 is 10.2 Å². The minimum absolute atomic E-state index is 0.159. The number of fused-ring (bicyclic) bond motifs is 2. The van der Waals surface area contributed by atoms with E-state index in [1.807, 2.05) is 19.2 Å². The molecule has 2 fully saturated rings. The predicted molar refractivity (Wildman–Crippen MR) is 65.7 cm³/mol. The molecule has 0 aliphatic carbocycles. The van der Waals surface area contributed by atoms with E-state index in [2.05, 4.69) is 10.3 Å². The molecule has 4 nitrogen and oxygen atoms in total. The number of aromatic nitrogens is 1. The second-order valence-electron chi connectivity index (χ2n) is 4.99. The number of amides is 1. The highest BCUT2D eigenvalue weighted by molar-refractivity contribution is 5.95. The highest BCUT2D eigenvalue weighted by Crippen LogP contribution is 2.34. The molecular weight excluding hydrogens is 214 g/mol. The smallest absolute Gasteiger partial charge is 0.231 e. The molecule has 1 aromatic heterocycles. The summed E-state index contributed by atoms with van der Waals surface area (Å²) < 4.78 is 0. The molecule has 90 valence electrons. The van der Waals surface area contributed by atoms with Gasteiger partial charge in [-0.05, 0) is 31.4 Å². The molecule has 2 bridgehead atoms. The molecule has 3 rings (SSSR count). The van der Waals surface area contributed by atoms with Crippen molar-refractivity contribution in [2.75, 3.05) is 11.9 Å². The van der Waals surface area contributed by atoms with Gasteiger partial charge in [-0.3, -0.25) is 9.78 Å². The predicted octanol–water partition coefficient (Wildman–Crippen LogP) is 1.18. The van der Waals surface area contributed by atoms with Crippen LogP contribution in [-0.4, -0.2) is 30.0 Å². The molecule has 2 aliphatic heterocycles. The van der Waals surface area contributed by atoms with Crippen molar-refractivity contribution in [3.05, 3.63) is 24.5 Å². The second-order valence-corrected chi connectivity index (χ2v) is 4.99. The van der Waals surface area contributed by atoms with E-state index < -0.39 is 0 Å². The number of carbonyl (C=O) groups excluding carboxylic acids is 1. The maximum Gasteiger partial charge on any atom is 0.231 e. The number of hydrogen-bond acceptors (Lipinski definition) is 3. The van der Waals surface area contributed by atoms with E-state index in [-0.39, 0.29) is 11.8 Å². The van der Waals surface area contributed by atoms with Crippen LogP contribution >= 0.6 is 0 Å². The molecule has 1 N–H and O–H groups in total. The first-order valence-electron chi connectivity index (χ1n) is 6.19. The van der Waals surface area contributed by atoms with Crippen molar-refractivity contribution in [1.29, 1.82) is 0 Å². The zero-order valence-corrected chi connectivity index (χ0v) is 9.97. The Balaban J connectivity index is 1.74. The summed E-state index contributed by atoms with van der Waals surface area (Å²) in [5.74, 6) is 0.391. The first kappa shape index (κ1) is 10.7. The standard InChI is InChI=1S/C13H17N3O/c1-16(10-4-6-14-7-5-10)13(17)11-8-9-2-3-12(11)15-9/h4-7,9,11-12,15H,2-3,8H2,1H3. The summed E-state index contributed by atoms with van der Waals surface area (Å²) in [6.45, 7) is 0. The fourth-order valence-electron chi connectivity index (χ4n) is 3.04. The Bertz CT molecular complexity index is 420. The van der Waals surface area contributed by atoms with Gasteiger partial charge in [0.25, 0.3) is 0 Å². The SMILES string of the molecule is CN(C(=O)C1CC2CCC1N2)c1ccncc1. The Morgan fingerprint density at radius 3 is 2.76 bits per heavy atom. The number of pyridine rings is 1. The molecule has 0 aromatic carbocycles. The highest BCUT2D eigenvalue weighted by Gasteiger charge is 2.43. The molecule has 1 aromatic rings. The first-order valence-corrected chi connectivity index (χ1v) is 6.19. The van der Waals surface area contributed by atoms with Gasteiger partial charge >= 0.3 is 0 Å². The monoisotopic (exact) mass is 231 g/mol. The fourth-order valence-corrected chi connectivity index (χ4v) is 3.04. The van der Waals surface area contributed by atoms with Crippen LogP contribution in [0.5, 0.6) is 0 Å². The van der Waals surface area contributed by atoms with Crippen LogP contribution in [0.15, 0.2) is 24.5 Å². The zero-order chi connectivity index (χ0) is 11.8. The maximum absolute atomic E-state index is 12.4. The number of hydrogen-bond donors (Lipinski definition) is 1. The molecule has 2 aliphatic rings. The average Bonchev–Trinajstić information content (AvgIpc) is 3.00. The van der Waals surface area contributed by atoms with Gasteiger partial charge in [0.1, 0.15) is 0 Å². The summed E-state index contributed by atoms with van der Waals surface area (Å²) in [6, 6.07) is 4.72. The Morgan fingerprint density at radius 1 is 1.41 bits per heavy atom. The first-order chi connectivity index (χ1) is 8.25.